The molecule has 27 heavy (non-hydrogen) atoms. The van der Waals surface area contributed by atoms with Crippen molar-refractivity contribution in [2.75, 3.05) is 19.8 Å². The van der Waals surface area contributed by atoms with Crippen LogP contribution in [0, 0.1) is 5.92 Å². The Labute approximate surface area is 174 Å². The number of ether oxygens (including phenoxy) is 2. The molecule has 3 N–H and O–H groups in total. The largest absolute Gasteiger partial charge is 0.486 e. The Hall–Kier alpha value is -1.54. The number of fused-ring (bicyclic) bond motifs is 1. The molecule has 1 saturated carbocycles. The molecule has 1 fully saturated rings. The molecule has 4 rings (SSSR count). The smallest absolute Gasteiger partial charge is 0.271 e. The average molecular weight is 432 g/mol. The van der Waals surface area contributed by atoms with Gasteiger partial charge >= 0.3 is 0 Å². The molecule has 2 aliphatic rings. The minimum Gasteiger partial charge on any atom is -0.486 e. The molecule has 2 aromatic rings. The highest BCUT2D eigenvalue weighted by atomic mass is 35.5. The van der Waals surface area contributed by atoms with Crippen LogP contribution < -0.4 is 20.5 Å². The van der Waals surface area contributed by atoms with Gasteiger partial charge in [-0.3, -0.25) is 4.79 Å². The molecular weight excluding hydrogens is 409 g/mol. The van der Waals surface area contributed by atoms with Gasteiger partial charge in [0, 0.05) is 17.5 Å². The topological polar surface area (TPSA) is 86.5 Å². The highest BCUT2D eigenvalue weighted by Crippen LogP contribution is 2.39. The maximum atomic E-state index is 12.6. The van der Waals surface area contributed by atoms with E-state index in [9.17, 15) is 4.79 Å². The Bertz CT molecular complexity index is 813. The molecular formula is C18H23Cl2N3O3S. The number of nitrogens with zero attached hydrogens (tertiary/aromatic N) is 1. The first-order valence-corrected chi connectivity index (χ1v) is 9.35. The van der Waals surface area contributed by atoms with E-state index in [0.29, 0.717) is 31.4 Å². The van der Waals surface area contributed by atoms with Gasteiger partial charge in [-0.1, -0.05) is 0 Å². The summed E-state index contributed by atoms with van der Waals surface area (Å²) in [4.78, 5) is 17.1. The van der Waals surface area contributed by atoms with Crippen molar-refractivity contribution in [3.8, 4) is 22.1 Å². The molecule has 0 saturated heterocycles. The fourth-order valence-corrected chi connectivity index (χ4v) is 3.85. The van der Waals surface area contributed by atoms with Gasteiger partial charge in [-0.25, -0.2) is 4.98 Å². The Kier molecular flexibility index (Phi) is 6.97. The van der Waals surface area contributed by atoms with E-state index in [2.05, 4.69) is 10.3 Å². The predicted molar refractivity (Wildman–Crippen MR) is 111 cm³/mol. The number of nitrogens with two attached hydrogens (primary N) is 1. The molecule has 6 nitrogen and oxygen atoms in total. The number of rotatable bonds is 5. The number of carbonyl (C=O) groups excluding carboxylic acids is 1. The van der Waals surface area contributed by atoms with Crippen LogP contribution in [0.4, 0.5) is 0 Å². The van der Waals surface area contributed by atoms with Crippen LogP contribution in [0.2, 0.25) is 0 Å². The fraction of sp³-hybridized carbons (Fsp3) is 0.444. The Balaban J connectivity index is 0.00000131. The minimum absolute atomic E-state index is 0. The molecule has 148 valence electrons. The van der Waals surface area contributed by atoms with Gasteiger partial charge in [0.15, 0.2) is 11.5 Å². The van der Waals surface area contributed by atoms with E-state index in [1.54, 1.807) is 5.38 Å². The van der Waals surface area contributed by atoms with Crippen LogP contribution in [0.25, 0.3) is 10.6 Å². The SMILES string of the molecule is CC(CN)(NC(=O)c1csc(-c2ccc3c(c2)OCCO3)n1)C1CC1.Cl.Cl. The summed E-state index contributed by atoms with van der Waals surface area (Å²) in [5.41, 5.74) is 6.87. The number of hydrogen-bond acceptors (Lipinski definition) is 6. The monoisotopic (exact) mass is 431 g/mol. The summed E-state index contributed by atoms with van der Waals surface area (Å²) in [6.07, 6.45) is 2.24. The molecule has 1 atom stereocenters. The van der Waals surface area contributed by atoms with E-state index >= 15 is 0 Å². The normalized spacial score (nSPS) is 17.1. The maximum absolute atomic E-state index is 12.6. The Morgan fingerprint density at radius 2 is 2.00 bits per heavy atom. The van der Waals surface area contributed by atoms with E-state index in [1.165, 1.54) is 11.3 Å². The van der Waals surface area contributed by atoms with Crippen molar-refractivity contribution >= 4 is 42.1 Å². The van der Waals surface area contributed by atoms with E-state index in [1.807, 2.05) is 25.1 Å². The quantitative estimate of drug-likeness (QED) is 0.758. The number of hydrogen-bond donors (Lipinski definition) is 2. The number of carbonyl (C=O) groups is 1. The van der Waals surface area contributed by atoms with Crippen molar-refractivity contribution in [1.82, 2.24) is 10.3 Å². The van der Waals surface area contributed by atoms with Crippen LogP contribution in [-0.4, -0.2) is 36.2 Å². The van der Waals surface area contributed by atoms with Gasteiger partial charge in [-0.15, -0.1) is 36.2 Å². The Morgan fingerprint density at radius 3 is 2.67 bits per heavy atom. The number of aromatic nitrogens is 1. The molecule has 1 aromatic heterocycles. The van der Waals surface area contributed by atoms with Crippen molar-refractivity contribution in [1.29, 1.82) is 0 Å². The molecule has 1 amide bonds. The van der Waals surface area contributed by atoms with Gasteiger partial charge < -0.3 is 20.5 Å². The summed E-state index contributed by atoms with van der Waals surface area (Å²) in [7, 11) is 0. The summed E-state index contributed by atoms with van der Waals surface area (Å²) in [6.45, 7) is 3.55. The van der Waals surface area contributed by atoms with E-state index < -0.39 is 0 Å². The van der Waals surface area contributed by atoms with Crippen LogP contribution in [0.3, 0.4) is 0 Å². The van der Waals surface area contributed by atoms with Crippen molar-refractivity contribution < 1.29 is 14.3 Å². The molecule has 9 heteroatoms. The van der Waals surface area contributed by atoms with Gasteiger partial charge in [-0.05, 0) is 43.9 Å². The van der Waals surface area contributed by atoms with Crippen molar-refractivity contribution in [2.24, 2.45) is 11.7 Å². The first-order chi connectivity index (χ1) is 12.1. The van der Waals surface area contributed by atoms with Gasteiger partial charge in [0.25, 0.3) is 5.91 Å². The van der Waals surface area contributed by atoms with Crippen LogP contribution in [-0.2, 0) is 0 Å². The molecule has 2 heterocycles. The lowest BCUT2D eigenvalue weighted by molar-refractivity contribution is 0.0893. The molecule has 0 radical (unpaired) electrons. The summed E-state index contributed by atoms with van der Waals surface area (Å²) in [6, 6.07) is 5.72. The average Bonchev–Trinajstić information content (AvgIpc) is 3.39. The highest BCUT2D eigenvalue weighted by molar-refractivity contribution is 7.13. The number of amides is 1. The predicted octanol–water partition coefficient (Wildman–Crippen LogP) is 3.28. The number of nitrogens with one attached hydrogen (secondary N) is 1. The zero-order valence-corrected chi connectivity index (χ0v) is 17.3. The van der Waals surface area contributed by atoms with Crippen molar-refractivity contribution in [3.63, 3.8) is 0 Å². The zero-order chi connectivity index (χ0) is 17.4. The molecule has 1 unspecified atom stereocenters. The molecule has 1 aliphatic carbocycles. The molecule has 1 aromatic carbocycles. The lowest BCUT2D eigenvalue weighted by Crippen LogP contribution is -2.53. The van der Waals surface area contributed by atoms with E-state index in [0.717, 1.165) is 34.9 Å². The number of benzene rings is 1. The lowest BCUT2D eigenvalue weighted by Gasteiger charge is -2.29. The minimum atomic E-state index is -0.349. The van der Waals surface area contributed by atoms with Crippen molar-refractivity contribution in [2.45, 2.75) is 25.3 Å². The van der Waals surface area contributed by atoms with Crippen LogP contribution in [0.5, 0.6) is 11.5 Å². The zero-order valence-electron chi connectivity index (χ0n) is 14.9. The summed E-state index contributed by atoms with van der Waals surface area (Å²) < 4.78 is 11.1. The van der Waals surface area contributed by atoms with Gasteiger partial charge in [0.1, 0.15) is 23.9 Å². The van der Waals surface area contributed by atoms with E-state index in [4.69, 9.17) is 15.2 Å². The second kappa shape index (κ2) is 8.65. The van der Waals surface area contributed by atoms with Crippen LogP contribution >= 0.6 is 36.2 Å². The van der Waals surface area contributed by atoms with Gasteiger partial charge in [0.2, 0.25) is 0 Å². The van der Waals surface area contributed by atoms with Gasteiger partial charge in [0.05, 0.1) is 5.54 Å². The second-order valence-electron chi connectivity index (χ2n) is 6.75. The molecule has 1 aliphatic heterocycles. The van der Waals surface area contributed by atoms with Crippen LogP contribution in [0.15, 0.2) is 23.6 Å². The van der Waals surface area contributed by atoms with Gasteiger partial charge in [-0.2, -0.15) is 0 Å². The first kappa shape index (κ1) is 21.8. The third kappa shape index (κ3) is 4.48. The van der Waals surface area contributed by atoms with Crippen LogP contribution in [0.1, 0.15) is 30.3 Å². The van der Waals surface area contributed by atoms with E-state index in [-0.39, 0.29) is 36.3 Å². The maximum Gasteiger partial charge on any atom is 0.271 e. The summed E-state index contributed by atoms with van der Waals surface area (Å²) in [5, 5.41) is 5.64. The lowest BCUT2D eigenvalue weighted by atomic mass is 9.96. The fourth-order valence-electron chi connectivity index (χ4n) is 3.05. The highest BCUT2D eigenvalue weighted by Gasteiger charge is 2.41. The Morgan fingerprint density at radius 1 is 1.30 bits per heavy atom. The molecule has 0 bridgehead atoms. The first-order valence-electron chi connectivity index (χ1n) is 8.47. The summed E-state index contributed by atoms with van der Waals surface area (Å²) >= 11 is 1.44. The third-order valence-corrected chi connectivity index (χ3v) is 5.72. The number of thiazole rings is 1. The number of halogens is 2. The molecule has 0 spiro atoms. The second-order valence-corrected chi connectivity index (χ2v) is 7.60. The third-order valence-electron chi connectivity index (χ3n) is 4.83. The standard InChI is InChI=1S/C18H21N3O3S.2ClH/c1-18(10-19,12-3-4-12)21-16(22)13-9-25-17(20-13)11-2-5-14-15(8-11)24-7-6-23-14;;/h2,5,8-9,12H,3-4,6-7,10,19H2,1H3,(H,21,22);2*1H. The summed E-state index contributed by atoms with van der Waals surface area (Å²) in [5.74, 6) is 1.76. The van der Waals surface area contributed by atoms with Crippen molar-refractivity contribution in [3.05, 3.63) is 29.3 Å².